The molecule has 0 radical (unpaired) electrons. The Morgan fingerprint density at radius 2 is 2.04 bits per heavy atom. The smallest absolute Gasteiger partial charge is 0.134 e. The Balaban J connectivity index is 1.35. The van der Waals surface area contributed by atoms with E-state index in [1.54, 1.807) is 0 Å². The third-order valence-corrected chi connectivity index (χ3v) is 4.98. The standard InChI is InChI=1S/C19H24N6/c1-14(20-10-9-19-23-22-18-4-3-12-25(18)19)16-5-7-17(8-6-16)24-13-11-21-15(24)2/h5-8,11,13-14,20H,3-4,9-10,12H2,1-2H3. The summed E-state index contributed by atoms with van der Waals surface area (Å²) in [5.74, 6) is 3.26. The van der Waals surface area contributed by atoms with Crippen molar-refractivity contribution < 1.29 is 0 Å². The van der Waals surface area contributed by atoms with Crippen LogP contribution in [0.25, 0.3) is 5.69 Å². The van der Waals surface area contributed by atoms with Crippen LogP contribution in [0.15, 0.2) is 36.7 Å². The molecule has 1 N–H and O–H groups in total. The number of hydrogen-bond acceptors (Lipinski definition) is 4. The number of fused-ring (bicyclic) bond motifs is 1. The lowest BCUT2D eigenvalue weighted by Gasteiger charge is -2.15. The van der Waals surface area contributed by atoms with Crippen LogP contribution < -0.4 is 5.32 Å². The van der Waals surface area contributed by atoms with Gasteiger partial charge in [-0.3, -0.25) is 0 Å². The highest BCUT2D eigenvalue weighted by molar-refractivity contribution is 5.36. The third kappa shape index (κ3) is 3.22. The maximum atomic E-state index is 4.32. The average Bonchev–Trinajstić information content (AvgIpc) is 3.33. The molecule has 0 spiro atoms. The Labute approximate surface area is 147 Å². The van der Waals surface area contributed by atoms with Crippen LogP contribution in [0, 0.1) is 6.92 Å². The van der Waals surface area contributed by atoms with Gasteiger partial charge in [-0.05, 0) is 38.0 Å². The van der Waals surface area contributed by atoms with Gasteiger partial charge in [0, 0.05) is 50.1 Å². The zero-order valence-corrected chi connectivity index (χ0v) is 14.8. The van der Waals surface area contributed by atoms with Crippen molar-refractivity contribution in [1.82, 2.24) is 29.6 Å². The zero-order chi connectivity index (χ0) is 17.2. The highest BCUT2D eigenvalue weighted by Crippen LogP contribution is 2.17. The van der Waals surface area contributed by atoms with E-state index in [2.05, 4.69) is 60.8 Å². The summed E-state index contributed by atoms with van der Waals surface area (Å²) in [5.41, 5.74) is 2.43. The van der Waals surface area contributed by atoms with Gasteiger partial charge < -0.3 is 14.5 Å². The summed E-state index contributed by atoms with van der Waals surface area (Å²) in [6.45, 7) is 6.19. The van der Waals surface area contributed by atoms with Gasteiger partial charge in [0.05, 0.1) is 0 Å². The predicted octanol–water partition coefficient (Wildman–Crippen LogP) is 2.61. The van der Waals surface area contributed by atoms with Crippen molar-refractivity contribution in [2.75, 3.05) is 6.54 Å². The minimum atomic E-state index is 0.305. The second-order valence-corrected chi connectivity index (χ2v) is 6.65. The third-order valence-electron chi connectivity index (χ3n) is 4.98. The Morgan fingerprint density at radius 3 is 2.80 bits per heavy atom. The summed E-state index contributed by atoms with van der Waals surface area (Å²) >= 11 is 0. The van der Waals surface area contributed by atoms with Gasteiger partial charge in [-0.1, -0.05) is 12.1 Å². The maximum Gasteiger partial charge on any atom is 0.134 e. The second kappa shape index (κ2) is 6.80. The molecule has 4 rings (SSSR count). The molecule has 3 aromatic rings. The summed E-state index contributed by atoms with van der Waals surface area (Å²) in [6.07, 6.45) is 7.01. The van der Waals surface area contributed by atoms with Crippen LogP contribution in [0.1, 0.15) is 42.4 Å². The van der Waals surface area contributed by atoms with Crippen molar-refractivity contribution in [2.24, 2.45) is 0 Å². The van der Waals surface area contributed by atoms with Crippen molar-refractivity contribution in [3.63, 3.8) is 0 Å². The number of benzene rings is 1. The van der Waals surface area contributed by atoms with Crippen LogP contribution in [-0.4, -0.2) is 30.9 Å². The topological polar surface area (TPSA) is 60.6 Å². The summed E-state index contributed by atoms with van der Waals surface area (Å²) in [7, 11) is 0. The van der Waals surface area contributed by atoms with Gasteiger partial charge in [0.15, 0.2) is 0 Å². The van der Waals surface area contributed by atoms with E-state index in [9.17, 15) is 0 Å². The van der Waals surface area contributed by atoms with Crippen LogP contribution in [0.5, 0.6) is 0 Å². The summed E-state index contributed by atoms with van der Waals surface area (Å²) in [6, 6.07) is 8.96. The van der Waals surface area contributed by atoms with Crippen LogP contribution >= 0.6 is 0 Å². The molecule has 2 aromatic heterocycles. The summed E-state index contributed by atoms with van der Waals surface area (Å²) in [4.78, 5) is 4.28. The fourth-order valence-corrected chi connectivity index (χ4v) is 3.49. The molecule has 0 saturated heterocycles. The molecule has 130 valence electrons. The molecule has 0 aliphatic carbocycles. The molecule has 6 heteroatoms. The molecule has 0 amide bonds. The molecule has 0 fully saturated rings. The Kier molecular flexibility index (Phi) is 4.36. The van der Waals surface area contributed by atoms with E-state index in [-0.39, 0.29) is 0 Å². The summed E-state index contributed by atoms with van der Waals surface area (Å²) in [5, 5.41) is 12.2. The highest BCUT2D eigenvalue weighted by Gasteiger charge is 2.17. The Bertz CT molecular complexity index is 845. The monoisotopic (exact) mass is 336 g/mol. The van der Waals surface area contributed by atoms with E-state index >= 15 is 0 Å². The van der Waals surface area contributed by atoms with E-state index in [0.717, 1.165) is 49.1 Å². The molecule has 1 aliphatic heterocycles. The van der Waals surface area contributed by atoms with Gasteiger partial charge in [0.25, 0.3) is 0 Å². The van der Waals surface area contributed by atoms with E-state index in [4.69, 9.17) is 0 Å². The van der Waals surface area contributed by atoms with Crippen molar-refractivity contribution in [3.05, 3.63) is 59.7 Å². The number of hydrogen-bond donors (Lipinski definition) is 1. The lowest BCUT2D eigenvalue weighted by molar-refractivity contribution is 0.559. The first-order valence-corrected chi connectivity index (χ1v) is 8.97. The molecule has 3 heterocycles. The van der Waals surface area contributed by atoms with Gasteiger partial charge in [-0.25, -0.2) is 4.98 Å². The lowest BCUT2D eigenvalue weighted by Crippen LogP contribution is -2.22. The molecule has 1 aromatic carbocycles. The SMILES string of the molecule is Cc1nccn1-c1ccc(C(C)NCCc2nnc3n2CCC3)cc1. The maximum absolute atomic E-state index is 4.32. The normalized spacial score (nSPS) is 14.6. The molecule has 1 aliphatic rings. The molecular formula is C19H24N6. The van der Waals surface area contributed by atoms with Gasteiger partial charge >= 0.3 is 0 Å². The highest BCUT2D eigenvalue weighted by atomic mass is 15.3. The largest absolute Gasteiger partial charge is 0.315 e. The van der Waals surface area contributed by atoms with Gasteiger partial charge in [-0.15, -0.1) is 10.2 Å². The van der Waals surface area contributed by atoms with E-state index in [1.807, 2.05) is 19.3 Å². The fraction of sp³-hybridized carbons (Fsp3) is 0.421. The van der Waals surface area contributed by atoms with Crippen molar-refractivity contribution in [1.29, 1.82) is 0 Å². The van der Waals surface area contributed by atoms with Crippen LogP contribution in [0.2, 0.25) is 0 Å². The molecule has 1 unspecified atom stereocenters. The van der Waals surface area contributed by atoms with E-state index < -0.39 is 0 Å². The minimum Gasteiger partial charge on any atom is -0.315 e. The first-order chi connectivity index (χ1) is 12.2. The van der Waals surface area contributed by atoms with Gasteiger partial charge in [0.1, 0.15) is 17.5 Å². The second-order valence-electron chi connectivity index (χ2n) is 6.65. The molecule has 0 saturated carbocycles. The van der Waals surface area contributed by atoms with Crippen LogP contribution in [0.3, 0.4) is 0 Å². The van der Waals surface area contributed by atoms with Crippen molar-refractivity contribution in [2.45, 2.75) is 45.7 Å². The van der Waals surface area contributed by atoms with Crippen molar-refractivity contribution in [3.8, 4) is 5.69 Å². The fourth-order valence-electron chi connectivity index (χ4n) is 3.49. The first-order valence-electron chi connectivity index (χ1n) is 8.97. The molecule has 1 atom stereocenters. The van der Waals surface area contributed by atoms with Crippen LogP contribution in [-0.2, 0) is 19.4 Å². The Hall–Kier alpha value is -2.47. The number of imidazole rings is 1. The van der Waals surface area contributed by atoms with E-state index in [1.165, 1.54) is 12.0 Å². The molecular weight excluding hydrogens is 312 g/mol. The van der Waals surface area contributed by atoms with Crippen LogP contribution in [0.4, 0.5) is 0 Å². The average molecular weight is 336 g/mol. The minimum absolute atomic E-state index is 0.305. The summed E-state index contributed by atoms with van der Waals surface area (Å²) < 4.78 is 4.36. The molecule has 6 nitrogen and oxygen atoms in total. The number of rotatable bonds is 6. The molecule has 25 heavy (non-hydrogen) atoms. The number of aromatic nitrogens is 5. The number of nitrogens with one attached hydrogen (secondary N) is 1. The quantitative estimate of drug-likeness (QED) is 0.752. The molecule has 0 bridgehead atoms. The van der Waals surface area contributed by atoms with Gasteiger partial charge in [-0.2, -0.15) is 0 Å². The zero-order valence-electron chi connectivity index (χ0n) is 14.8. The Morgan fingerprint density at radius 1 is 1.20 bits per heavy atom. The predicted molar refractivity (Wildman–Crippen MR) is 96.8 cm³/mol. The number of aryl methyl sites for hydroxylation is 2. The van der Waals surface area contributed by atoms with Crippen molar-refractivity contribution >= 4 is 0 Å². The lowest BCUT2D eigenvalue weighted by atomic mass is 10.1. The number of nitrogens with zero attached hydrogens (tertiary/aromatic N) is 5. The first kappa shape index (κ1) is 16.0. The van der Waals surface area contributed by atoms with Gasteiger partial charge in [0.2, 0.25) is 0 Å². The van der Waals surface area contributed by atoms with E-state index in [0.29, 0.717) is 6.04 Å².